The highest BCUT2D eigenvalue weighted by Gasteiger charge is 2.13. The Labute approximate surface area is 142 Å². The number of hydrogen-bond donors (Lipinski definition) is 1. The fourth-order valence-electron chi connectivity index (χ4n) is 2.54. The average molecular weight is 341 g/mol. The van der Waals surface area contributed by atoms with Crippen LogP contribution in [-0.2, 0) is 16.4 Å². The standard InChI is InChI=1S/C19H19NO3S/c1-23-18-9-6-15(7-10-18)12-13-20-24(21,22)19-11-8-16-4-2-3-5-17(16)14-19/h2-11,14,20H,12-13H2,1H3. The van der Waals surface area contributed by atoms with Gasteiger partial charge in [0, 0.05) is 6.54 Å². The Kier molecular flexibility index (Phi) is 4.83. The fraction of sp³-hybridized carbons (Fsp3) is 0.158. The van der Waals surface area contributed by atoms with E-state index in [1.807, 2.05) is 54.6 Å². The van der Waals surface area contributed by atoms with Crippen molar-refractivity contribution in [2.45, 2.75) is 11.3 Å². The van der Waals surface area contributed by atoms with Crippen LogP contribution in [0.15, 0.2) is 71.6 Å². The lowest BCUT2D eigenvalue weighted by Crippen LogP contribution is -2.26. The number of rotatable bonds is 6. The monoisotopic (exact) mass is 341 g/mol. The topological polar surface area (TPSA) is 55.4 Å². The zero-order chi connectivity index (χ0) is 17.0. The first-order valence-corrected chi connectivity index (χ1v) is 9.18. The summed E-state index contributed by atoms with van der Waals surface area (Å²) >= 11 is 0. The second-order valence-electron chi connectivity index (χ2n) is 5.50. The lowest BCUT2D eigenvalue weighted by atomic mass is 10.1. The maximum atomic E-state index is 12.4. The summed E-state index contributed by atoms with van der Waals surface area (Å²) in [6, 6.07) is 20.5. The third-order valence-corrected chi connectivity index (χ3v) is 5.35. The van der Waals surface area contributed by atoms with Crippen LogP contribution >= 0.6 is 0 Å². The lowest BCUT2D eigenvalue weighted by Gasteiger charge is -2.08. The van der Waals surface area contributed by atoms with Crippen LogP contribution in [0.1, 0.15) is 5.56 Å². The van der Waals surface area contributed by atoms with Gasteiger partial charge in [-0.1, -0.05) is 42.5 Å². The Morgan fingerprint density at radius 3 is 2.33 bits per heavy atom. The molecule has 0 saturated heterocycles. The minimum absolute atomic E-state index is 0.288. The van der Waals surface area contributed by atoms with Gasteiger partial charge in [-0.05, 0) is 47.0 Å². The van der Waals surface area contributed by atoms with E-state index in [2.05, 4.69) is 4.72 Å². The Morgan fingerprint density at radius 2 is 1.62 bits per heavy atom. The van der Waals surface area contributed by atoms with Gasteiger partial charge in [-0.25, -0.2) is 13.1 Å². The highest BCUT2D eigenvalue weighted by molar-refractivity contribution is 7.89. The number of fused-ring (bicyclic) bond motifs is 1. The minimum atomic E-state index is -3.51. The van der Waals surface area contributed by atoms with Crippen LogP contribution in [0.4, 0.5) is 0 Å². The van der Waals surface area contributed by atoms with Crippen LogP contribution in [0.2, 0.25) is 0 Å². The molecule has 0 spiro atoms. The average Bonchev–Trinajstić information content (AvgIpc) is 2.62. The number of methoxy groups -OCH3 is 1. The SMILES string of the molecule is COc1ccc(CCNS(=O)(=O)c2ccc3ccccc3c2)cc1. The third kappa shape index (κ3) is 3.75. The van der Waals surface area contributed by atoms with E-state index in [0.29, 0.717) is 13.0 Å². The van der Waals surface area contributed by atoms with Crippen molar-refractivity contribution < 1.29 is 13.2 Å². The van der Waals surface area contributed by atoms with E-state index in [9.17, 15) is 8.42 Å². The molecule has 0 heterocycles. The second kappa shape index (κ2) is 7.03. The first kappa shape index (κ1) is 16.5. The molecule has 4 nitrogen and oxygen atoms in total. The molecule has 0 aliphatic carbocycles. The summed E-state index contributed by atoms with van der Waals surface area (Å²) in [5.41, 5.74) is 1.05. The molecular weight excluding hydrogens is 322 g/mol. The summed E-state index contributed by atoms with van der Waals surface area (Å²) in [6.07, 6.45) is 0.622. The van der Waals surface area contributed by atoms with Crippen LogP contribution < -0.4 is 9.46 Å². The predicted octanol–water partition coefficient (Wildman–Crippen LogP) is 3.37. The Balaban J connectivity index is 1.68. The van der Waals surface area contributed by atoms with Crippen molar-refractivity contribution in [3.05, 3.63) is 72.3 Å². The molecule has 24 heavy (non-hydrogen) atoms. The van der Waals surface area contributed by atoms with Gasteiger partial charge < -0.3 is 4.74 Å². The van der Waals surface area contributed by atoms with Gasteiger partial charge in [0.1, 0.15) is 5.75 Å². The summed E-state index contributed by atoms with van der Waals surface area (Å²) in [4.78, 5) is 0.288. The lowest BCUT2D eigenvalue weighted by molar-refractivity contribution is 0.414. The molecule has 1 N–H and O–H groups in total. The molecule has 0 atom stereocenters. The van der Waals surface area contributed by atoms with E-state index in [0.717, 1.165) is 22.1 Å². The van der Waals surface area contributed by atoms with Gasteiger partial charge in [-0.2, -0.15) is 0 Å². The molecular formula is C19H19NO3S. The molecule has 5 heteroatoms. The van der Waals surface area contributed by atoms with Gasteiger partial charge >= 0.3 is 0 Å². The number of benzene rings is 3. The van der Waals surface area contributed by atoms with Gasteiger partial charge in [0.05, 0.1) is 12.0 Å². The third-order valence-electron chi connectivity index (χ3n) is 3.90. The normalized spacial score (nSPS) is 11.5. The molecule has 124 valence electrons. The van der Waals surface area contributed by atoms with Crippen LogP contribution in [0, 0.1) is 0 Å². The molecule has 0 amide bonds. The summed E-state index contributed by atoms with van der Waals surface area (Å²) in [6.45, 7) is 0.349. The van der Waals surface area contributed by atoms with Crippen molar-refractivity contribution >= 4 is 20.8 Å². The first-order chi connectivity index (χ1) is 11.6. The van der Waals surface area contributed by atoms with Gasteiger partial charge in [-0.3, -0.25) is 0 Å². The van der Waals surface area contributed by atoms with E-state index < -0.39 is 10.0 Å². The van der Waals surface area contributed by atoms with Crippen molar-refractivity contribution in [2.75, 3.05) is 13.7 Å². The van der Waals surface area contributed by atoms with Gasteiger partial charge in [0.25, 0.3) is 0 Å². The van der Waals surface area contributed by atoms with E-state index >= 15 is 0 Å². The second-order valence-corrected chi connectivity index (χ2v) is 7.27. The van der Waals surface area contributed by atoms with Crippen LogP contribution in [0.25, 0.3) is 10.8 Å². The van der Waals surface area contributed by atoms with Crippen molar-refractivity contribution in [1.82, 2.24) is 4.72 Å². The van der Waals surface area contributed by atoms with E-state index in [1.54, 1.807) is 19.2 Å². The molecule has 0 aromatic heterocycles. The summed E-state index contributed by atoms with van der Waals surface area (Å²) in [7, 11) is -1.89. The quantitative estimate of drug-likeness (QED) is 0.748. The maximum absolute atomic E-state index is 12.4. The molecule has 3 rings (SSSR count). The van der Waals surface area contributed by atoms with Crippen LogP contribution in [-0.4, -0.2) is 22.1 Å². The molecule has 0 saturated carbocycles. The summed E-state index contributed by atoms with van der Waals surface area (Å²) < 4.78 is 32.6. The highest BCUT2D eigenvalue weighted by Crippen LogP contribution is 2.19. The van der Waals surface area contributed by atoms with Gasteiger partial charge in [-0.15, -0.1) is 0 Å². The zero-order valence-electron chi connectivity index (χ0n) is 13.4. The van der Waals surface area contributed by atoms with Gasteiger partial charge in [0.2, 0.25) is 10.0 Å². The van der Waals surface area contributed by atoms with E-state index in [-0.39, 0.29) is 4.90 Å². The Morgan fingerprint density at radius 1 is 0.917 bits per heavy atom. The minimum Gasteiger partial charge on any atom is -0.497 e. The molecule has 0 aliphatic rings. The molecule has 0 bridgehead atoms. The van der Waals surface area contributed by atoms with Crippen molar-refractivity contribution in [1.29, 1.82) is 0 Å². The number of nitrogens with one attached hydrogen (secondary N) is 1. The largest absolute Gasteiger partial charge is 0.497 e. The van der Waals surface area contributed by atoms with Crippen molar-refractivity contribution in [2.24, 2.45) is 0 Å². The van der Waals surface area contributed by atoms with Crippen LogP contribution in [0.3, 0.4) is 0 Å². The van der Waals surface area contributed by atoms with E-state index in [4.69, 9.17) is 4.74 Å². The summed E-state index contributed by atoms with van der Waals surface area (Å²) in [5, 5.41) is 1.94. The Bertz CT molecular complexity index is 934. The van der Waals surface area contributed by atoms with E-state index in [1.165, 1.54) is 0 Å². The van der Waals surface area contributed by atoms with Crippen molar-refractivity contribution in [3.63, 3.8) is 0 Å². The van der Waals surface area contributed by atoms with Gasteiger partial charge in [0.15, 0.2) is 0 Å². The molecule has 3 aromatic rings. The molecule has 3 aromatic carbocycles. The predicted molar refractivity (Wildman–Crippen MR) is 95.8 cm³/mol. The molecule has 0 fully saturated rings. The maximum Gasteiger partial charge on any atom is 0.240 e. The fourth-order valence-corrected chi connectivity index (χ4v) is 3.61. The number of ether oxygens (including phenoxy) is 1. The van der Waals surface area contributed by atoms with Crippen LogP contribution in [0.5, 0.6) is 5.75 Å². The van der Waals surface area contributed by atoms with Crippen molar-refractivity contribution in [3.8, 4) is 5.75 Å². The first-order valence-electron chi connectivity index (χ1n) is 7.70. The Hall–Kier alpha value is -2.37. The molecule has 0 radical (unpaired) electrons. The number of hydrogen-bond acceptors (Lipinski definition) is 3. The smallest absolute Gasteiger partial charge is 0.240 e. The highest BCUT2D eigenvalue weighted by atomic mass is 32.2. The summed E-state index contributed by atoms with van der Waals surface area (Å²) in [5.74, 6) is 0.787. The zero-order valence-corrected chi connectivity index (χ0v) is 14.2. The molecule has 0 aliphatic heterocycles. The number of sulfonamides is 1. The molecule has 0 unspecified atom stereocenters.